The Hall–Kier alpha value is -1.89. The number of aryl methyl sites for hydroxylation is 1. The first-order chi connectivity index (χ1) is 10.4. The van der Waals surface area contributed by atoms with Crippen molar-refractivity contribution in [1.29, 1.82) is 0 Å². The van der Waals surface area contributed by atoms with Gasteiger partial charge < -0.3 is 10.6 Å². The van der Waals surface area contributed by atoms with Gasteiger partial charge in [-0.1, -0.05) is 35.3 Å². The van der Waals surface area contributed by atoms with Gasteiger partial charge in [-0.3, -0.25) is 10.1 Å². The van der Waals surface area contributed by atoms with Gasteiger partial charge in [0, 0.05) is 11.1 Å². The maximum absolute atomic E-state index is 11.1. The van der Waals surface area contributed by atoms with Crippen molar-refractivity contribution >= 4 is 57.6 Å². The summed E-state index contributed by atoms with van der Waals surface area (Å²) in [5.74, 6) is 0. The fourth-order valence-corrected chi connectivity index (χ4v) is 2.49. The molecule has 114 valence electrons. The summed E-state index contributed by atoms with van der Waals surface area (Å²) in [6, 6.07) is 9.69. The minimum Gasteiger partial charge on any atom is -0.331 e. The zero-order valence-corrected chi connectivity index (χ0v) is 13.7. The Bertz CT molecular complexity index is 753. The Morgan fingerprint density at radius 2 is 1.95 bits per heavy atom. The van der Waals surface area contributed by atoms with Crippen LogP contribution >= 0.6 is 35.4 Å². The number of nitrogens with one attached hydrogen (secondary N) is 2. The van der Waals surface area contributed by atoms with Gasteiger partial charge >= 0.3 is 0 Å². The van der Waals surface area contributed by atoms with Gasteiger partial charge in [-0.05, 0) is 42.9 Å². The van der Waals surface area contributed by atoms with Crippen molar-refractivity contribution in [3.63, 3.8) is 0 Å². The van der Waals surface area contributed by atoms with E-state index in [0.717, 1.165) is 0 Å². The lowest BCUT2D eigenvalue weighted by Crippen LogP contribution is -2.20. The molecule has 0 aliphatic carbocycles. The average Bonchev–Trinajstić information content (AvgIpc) is 2.44. The van der Waals surface area contributed by atoms with Gasteiger partial charge in [0.25, 0.3) is 5.69 Å². The molecular formula is C14H11Cl2N3O2S. The van der Waals surface area contributed by atoms with Crippen molar-refractivity contribution < 1.29 is 4.92 Å². The highest BCUT2D eigenvalue weighted by Gasteiger charge is 2.16. The molecule has 2 rings (SSSR count). The molecule has 2 N–H and O–H groups in total. The van der Waals surface area contributed by atoms with Crippen LogP contribution in [0, 0.1) is 17.0 Å². The second kappa shape index (κ2) is 6.91. The summed E-state index contributed by atoms with van der Waals surface area (Å²) in [6.07, 6.45) is 0. The molecule has 0 aliphatic heterocycles. The first-order valence-electron chi connectivity index (χ1n) is 6.15. The molecule has 5 nitrogen and oxygen atoms in total. The lowest BCUT2D eigenvalue weighted by atomic mass is 10.1. The van der Waals surface area contributed by atoms with E-state index in [4.69, 9.17) is 35.4 Å². The number of thiocarbonyl (C=S) groups is 1. The van der Waals surface area contributed by atoms with Crippen LogP contribution in [0.1, 0.15) is 5.56 Å². The van der Waals surface area contributed by atoms with Gasteiger partial charge in [-0.2, -0.15) is 0 Å². The van der Waals surface area contributed by atoms with Gasteiger partial charge in [0.15, 0.2) is 5.11 Å². The Labute approximate surface area is 142 Å². The minimum atomic E-state index is -0.465. The first-order valence-corrected chi connectivity index (χ1v) is 7.32. The maximum Gasteiger partial charge on any atom is 0.293 e. The molecule has 0 radical (unpaired) electrons. The molecule has 0 saturated heterocycles. The number of anilines is 2. The number of hydrogen-bond donors (Lipinski definition) is 2. The second-order valence-electron chi connectivity index (χ2n) is 4.43. The van der Waals surface area contributed by atoms with E-state index in [1.165, 1.54) is 6.07 Å². The van der Waals surface area contributed by atoms with Crippen molar-refractivity contribution in [2.24, 2.45) is 0 Å². The molecule has 0 saturated carbocycles. The van der Waals surface area contributed by atoms with Gasteiger partial charge in [0.2, 0.25) is 0 Å². The van der Waals surface area contributed by atoms with Gasteiger partial charge in [-0.15, -0.1) is 0 Å². The maximum atomic E-state index is 11.1. The Balaban J connectivity index is 2.21. The summed E-state index contributed by atoms with van der Waals surface area (Å²) < 4.78 is 0. The van der Waals surface area contributed by atoms with E-state index in [1.807, 2.05) is 0 Å². The molecule has 22 heavy (non-hydrogen) atoms. The third kappa shape index (κ3) is 3.85. The predicted octanol–water partition coefficient (Wildman–Crippen LogP) is 5.02. The standard InChI is InChI=1S/C14H11Cl2N3O2S/c1-8-3-2-4-12(19(20)21)13(8)18-14(22)17-11-6-5-9(15)7-10(11)16/h2-7H,1H3,(H2,17,18,22). The molecule has 0 unspecified atom stereocenters. The zero-order chi connectivity index (χ0) is 16.3. The summed E-state index contributed by atoms with van der Waals surface area (Å²) in [7, 11) is 0. The van der Waals surface area contributed by atoms with Crippen molar-refractivity contribution in [3.8, 4) is 0 Å². The monoisotopic (exact) mass is 355 g/mol. The molecule has 0 amide bonds. The lowest BCUT2D eigenvalue weighted by Gasteiger charge is -2.13. The molecule has 0 fully saturated rings. The van der Waals surface area contributed by atoms with Gasteiger partial charge in [-0.25, -0.2) is 0 Å². The fraction of sp³-hybridized carbons (Fsp3) is 0.0714. The highest BCUT2D eigenvalue weighted by molar-refractivity contribution is 7.80. The molecule has 8 heteroatoms. The molecule has 0 bridgehead atoms. The highest BCUT2D eigenvalue weighted by atomic mass is 35.5. The molecule has 0 atom stereocenters. The number of para-hydroxylation sites is 1. The lowest BCUT2D eigenvalue weighted by molar-refractivity contribution is -0.383. The van der Waals surface area contributed by atoms with Crippen LogP contribution in [0.2, 0.25) is 10.0 Å². The van der Waals surface area contributed by atoms with E-state index in [0.29, 0.717) is 27.0 Å². The van der Waals surface area contributed by atoms with Crippen molar-refractivity contribution in [2.75, 3.05) is 10.6 Å². The van der Waals surface area contributed by atoms with Crippen LogP contribution in [0.25, 0.3) is 0 Å². The van der Waals surface area contributed by atoms with Crippen LogP contribution in [-0.4, -0.2) is 10.0 Å². The summed E-state index contributed by atoms with van der Waals surface area (Å²) in [5.41, 5.74) is 1.56. The number of halogens is 2. The molecule has 0 aromatic heterocycles. The molecule has 2 aromatic carbocycles. The van der Waals surface area contributed by atoms with Gasteiger partial charge in [0.1, 0.15) is 5.69 Å². The third-order valence-electron chi connectivity index (χ3n) is 2.87. The van der Waals surface area contributed by atoms with Crippen LogP contribution in [0.15, 0.2) is 36.4 Å². The number of rotatable bonds is 3. The summed E-state index contributed by atoms with van der Waals surface area (Å²) >= 11 is 17.1. The largest absolute Gasteiger partial charge is 0.331 e. The quantitative estimate of drug-likeness (QED) is 0.459. The van der Waals surface area contributed by atoms with Crippen LogP contribution < -0.4 is 10.6 Å². The smallest absolute Gasteiger partial charge is 0.293 e. The second-order valence-corrected chi connectivity index (χ2v) is 5.68. The molecule has 0 heterocycles. The Morgan fingerprint density at radius 1 is 1.23 bits per heavy atom. The fourth-order valence-electron chi connectivity index (χ4n) is 1.82. The third-order valence-corrected chi connectivity index (χ3v) is 3.62. The topological polar surface area (TPSA) is 67.2 Å². The molecule has 2 aromatic rings. The number of nitro benzene ring substituents is 1. The van der Waals surface area contributed by atoms with E-state index in [2.05, 4.69) is 10.6 Å². The summed E-state index contributed by atoms with van der Waals surface area (Å²) in [6.45, 7) is 1.76. The van der Waals surface area contributed by atoms with Gasteiger partial charge in [0.05, 0.1) is 15.6 Å². The van der Waals surface area contributed by atoms with Crippen molar-refractivity contribution in [2.45, 2.75) is 6.92 Å². The Kier molecular flexibility index (Phi) is 5.18. The zero-order valence-electron chi connectivity index (χ0n) is 11.4. The van der Waals surface area contributed by atoms with Crippen LogP contribution in [0.4, 0.5) is 17.1 Å². The van der Waals surface area contributed by atoms with E-state index >= 15 is 0 Å². The first kappa shape index (κ1) is 16.5. The van der Waals surface area contributed by atoms with Crippen molar-refractivity contribution in [3.05, 3.63) is 62.1 Å². The average molecular weight is 356 g/mol. The van der Waals surface area contributed by atoms with Crippen LogP contribution in [0.3, 0.4) is 0 Å². The summed E-state index contributed by atoms with van der Waals surface area (Å²) in [5, 5.41) is 17.9. The molecular weight excluding hydrogens is 345 g/mol. The number of nitro groups is 1. The van der Waals surface area contributed by atoms with E-state index < -0.39 is 4.92 Å². The number of hydrogen-bond acceptors (Lipinski definition) is 3. The number of benzene rings is 2. The minimum absolute atomic E-state index is 0.0497. The molecule has 0 aliphatic rings. The predicted molar refractivity (Wildman–Crippen MR) is 94.1 cm³/mol. The van der Waals surface area contributed by atoms with E-state index in [-0.39, 0.29) is 10.8 Å². The number of nitrogens with zero attached hydrogens (tertiary/aromatic N) is 1. The Morgan fingerprint density at radius 3 is 2.59 bits per heavy atom. The van der Waals surface area contributed by atoms with Crippen LogP contribution in [-0.2, 0) is 0 Å². The molecule has 0 spiro atoms. The van der Waals surface area contributed by atoms with E-state index in [9.17, 15) is 10.1 Å². The SMILES string of the molecule is Cc1cccc([N+](=O)[O-])c1NC(=S)Nc1ccc(Cl)cc1Cl. The highest BCUT2D eigenvalue weighted by Crippen LogP contribution is 2.29. The van der Waals surface area contributed by atoms with Crippen LogP contribution in [0.5, 0.6) is 0 Å². The normalized spacial score (nSPS) is 10.1. The van der Waals surface area contributed by atoms with Crippen molar-refractivity contribution in [1.82, 2.24) is 0 Å². The van der Waals surface area contributed by atoms with E-state index in [1.54, 1.807) is 37.3 Å². The summed E-state index contributed by atoms with van der Waals surface area (Å²) in [4.78, 5) is 10.6.